The summed E-state index contributed by atoms with van der Waals surface area (Å²) in [5, 5.41) is 0.771. The van der Waals surface area contributed by atoms with Crippen LogP contribution in [0.5, 0.6) is 0 Å². The summed E-state index contributed by atoms with van der Waals surface area (Å²) in [6.45, 7) is 2.29. The fourth-order valence-electron chi connectivity index (χ4n) is 3.32. The summed E-state index contributed by atoms with van der Waals surface area (Å²) in [6, 6.07) is 7.98. The zero-order chi connectivity index (χ0) is 13.9. The molecule has 0 aliphatic heterocycles. The normalized spacial score (nSPS) is 29.2. The first-order valence-corrected chi connectivity index (χ1v) is 7.49. The molecule has 1 aromatic carbocycles. The molecule has 3 unspecified atom stereocenters. The van der Waals surface area contributed by atoms with Crippen LogP contribution in [0.3, 0.4) is 0 Å². The molecule has 0 aromatic heterocycles. The largest absolute Gasteiger partial charge is 0.377 e. The van der Waals surface area contributed by atoms with Gasteiger partial charge in [0.1, 0.15) is 0 Å². The third-order valence-corrected chi connectivity index (χ3v) is 4.65. The summed E-state index contributed by atoms with van der Waals surface area (Å²) in [7, 11) is 1.80. The van der Waals surface area contributed by atoms with E-state index in [1.807, 2.05) is 18.2 Å². The Morgan fingerprint density at radius 2 is 2.32 bits per heavy atom. The Labute approximate surface area is 121 Å². The van der Waals surface area contributed by atoms with E-state index < -0.39 is 0 Å². The van der Waals surface area contributed by atoms with Crippen LogP contribution in [-0.2, 0) is 11.2 Å². The summed E-state index contributed by atoms with van der Waals surface area (Å²) < 4.78 is 5.86. The van der Waals surface area contributed by atoms with E-state index in [9.17, 15) is 0 Å². The first kappa shape index (κ1) is 14.8. The molecule has 0 amide bonds. The average molecular weight is 282 g/mol. The lowest BCUT2D eigenvalue weighted by atomic mass is 9.73. The smallest absolute Gasteiger partial charge is 0.0834 e. The number of benzene rings is 1. The van der Waals surface area contributed by atoms with Crippen molar-refractivity contribution in [3.63, 3.8) is 0 Å². The number of ether oxygens (including phenoxy) is 1. The van der Waals surface area contributed by atoms with Crippen LogP contribution in [0.1, 0.15) is 38.2 Å². The van der Waals surface area contributed by atoms with E-state index in [1.165, 1.54) is 18.4 Å². The van der Waals surface area contributed by atoms with Gasteiger partial charge >= 0.3 is 0 Å². The van der Waals surface area contributed by atoms with Crippen LogP contribution in [0.15, 0.2) is 24.3 Å². The van der Waals surface area contributed by atoms with Gasteiger partial charge in [0.25, 0.3) is 0 Å². The predicted molar refractivity (Wildman–Crippen MR) is 80.5 cm³/mol. The van der Waals surface area contributed by atoms with E-state index in [-0.39, 0.29) is 11.6 Å². The maximum atomic E-state index is 6.47. The minimum absolute atomic E-state index is 0.0266. The first-order chi connectivity index (χ1) is 9.05. The van der Waals surface area contributed by atoms with Crippen LogP contribution in [0, 0.1) is 5.92 Å². The van der Waals surface area contributed by atoms with E-state index in [2.05, 4.69) is 13.0 Å². The Morgan fingerprint density at radius 1 is 1.53 bits per heavy atom. The number of rotatable bonds is 4. The van der Waals surface area contributed by atoms with E-state index >= 15 is 0 Å². The zero-order valence-corrected chi connectivity index (χ0v) is 12.6. The topological polar surface area (TPSA) is 35.2 Å². The molecule has 0 saturated heterocycles. The van der Waals surface area contributed by atoms with Gasteiger partial charge in [0.15, 0.2) is 0 Å². The van der Waals surface area contributed by atoms with Gasteiger partial charge in [-0.15, -0.1) is 0 Å². The molecule has 2 nitrogen and oxygen atoms in total. The number of hydrogen-bond acceptors (Lipinski definition) is 2. The fourth-order valence-corrected chi connectivity index (χ4v) is 3.53. The molecule has 3 heteroatoms. The quantitative estimate of drug-likeness (QED) is 0.911. The third kappa shape index (κ3) is 3.50. The van der Waals surface area contributed by atoms with Gasteiger partial charge in [0, 0.05) is 18.2 Å². The Balaban J connectivity index is 2.10. The number of nitrogens with two attached hydrogens (primary N) is 1. The van der Waals surface area contributed by atoms with Crippen LogP contribution < -0.4 is 5.73 Å². The van der Waals surface area contributed by atoms with Gasteiger partial charge in [0.05, 0.1) is 5.60 Å². The third-order valence-electron chi connectivity index (χ3n) is 4.42. The highest BCUT2D eigenvalue weighted by Crippen LogP contribution is 2.37. The Kier molecular flexibility index (Phi) is 4.88. The van der Waals surface area contributed by atoms with Crippen LogP contribution in [0.25, 0.3) is 0 Å². The molecule has 1 aliphatic rings. The van der Waals surface area contributed by atoms with Crippen molar-refractivity contribution in [3.8, 4) is 0 Å². The Bertz CT molecular complexity index is 423. The minimum Gasteiger partial charge on any atom is -0.377 e. The Hall–Kier alpha value is -0.570. The first-order valence-electron chi connectivity index (χ1n) is 7.11. The highest BCUT2D eigenvalue weighted by molar-refractivity contribution is 6.30. The second-order valence-electron chi connectivity index (χ2n) is 5.91. The molecule has 2 rings (SSSR count). The summed E-state index contributed by atoms with van der Waals surface area (Å²) in [5.74, 6) is 0.694. The lowest BCUT2D eigenvalue weighted by molar-refractivity contribution is -0.0705. The summed E-state index contributed by atoms with van der Waals surface area (Å²) in [6.07, 6.45) is 5.44. The van der Waals surface area contributed by atoms with Crippen molar-refractivity contribution in [3.05, 3.63) is 34.9 Å². The van der Waals surface area contributed by atoms with Crippen LogP contribution in [-0.4, -0.2) is 18.8 Å². The maximum Gasteiger partial charge on any atom is 0.0834 e. The van der Waals surface area contributed by atoms with Crippen molar-refractivity contribution in [2.45, 2.75) is 50.7 Å². The van der Waals surface area contributed by atoms with E-state index in [1.54, 1.807) is 7.11 Å². The van der Waals surface area contributed by atoms with Crippen molar-refractivity contribution in [1.29, 1.82) is 0 Å². The van der Waals surface area contributed by atoms with E-state index in [0.717, 1.165) is 24.3 Å². The van der Waals surface area contributed by atoms with Gasteiger partial charge in [-0.05, 0) is 42.9 Å². The van der Waals surface area contributed by atoms with Crippen molar-refractivity contribution in [1.82, 2.24) is 0 Å². The molecule has 3 atom stereocenters. The lowest BCUT2D eigenvalue weighted by Gasteiger charge is -2.43. The van der Waals surface area contributed by atoms with Crippen molar-refractivity contribution < 1.29 is 4.74 Å². The molecule has 19 heavy (non-hydrogen) atoms. The fraction of sp³-hybridized carbons (Fsp3) is 0.625. The minimum atomic E-state index is -0.167. The van der Waals surface area contributed by atoms with Gasteiger partial charge in [0.2, 0.25) is 0 Å². The van der Waals surface area contributed by atoms with E-state index in [4.69, 9.17) is 22.1 Å². The lowest BCUT2D eigenvalue weighted by Crippen LogP contribution is -2.53. The zero-order valence-electron chi connectivity index (χ0n) is 11.9. The van der Waals surface area contributed by atoms with Crippen molar-refractivity contribution >= 4 is 11.6 Å². The maximum absolute atomic E-state index is 6.47. The standard InChI is InChI=1S/C16H24ClNO/c1-12-5-4-8-16(11-12,19-2)15(18)10-13-6-3-7-14(17)9-13/h3,6-7,9,12,15H,4-5,8,10-11,18H2,1-2H3. The summed E-state index contributed by atoms with van der Waals surface area (Å²) >= 11 is 6.03. The number of hydrogen-bond donors (Lipinski definition) is 1. The van der Waals surface area contributed by atoms with Crippen molar-refractivity contribution in [2.24, 2.45) is 11.7 Å². The molecule has 0 spiro atoms. The van der Waals surface area contributed by atoms with Crippen LogP contribution >= 0.6 is 11.6 Å². The predicted octanol–water partition coefficient (Wildman–Crippen LogP) is 3.81. The Morgan fingerprint density at radius 3 is 2.95 bits per heavy atom. The average Bonchev–Trinajstić information content (AvgIpc) is 2.38. The molecular formula is C16H24ClNO. The molecule has 0 radical (unpaired) electrons. The highest BCUT2D eigenvalue weighted by atomic mass is 35.5. The molecule has 1 saturated carbocycles. The van der Waals surface area contributed by atoms with Gasteiger partial charge < -0.3 is 10.5 Å². The summed E-state index contributed by atoms with van der Waals surface area (Å²) in [4.78, 5) is 0. The highest BCUT2D eigenvalue weighted by Gasteiger charge is 2.40. The summed E-state index contributed by atoms with van der Waals surface area (Å²) in [5.41, 5.74) is 7.49. The molecule has 1 fully saturated rings. The molecule has 1 aliphatic carbocycles. The second kappa shape index (κ2) is 6.25. The molecular weight excluding hydrogens is 258 g/mol. The van der Waals surface area contributed by atoms with Crippen LogP contribution in [0.2, 0.25) is 5.02 Å². The molecule has 0 bridgehead atoms. The SMILES string of the molecule is COC1(C(N)Cc2cccc(Cl)c2)CCCC(C)C1. The van der Waals surface area contributed by atoms with Gasteiger partial charge in [-0.25, -0.2) is 0 Å². The number of methoxy groups -OCH3 is 1. The van der Waals surface area contributed by atoms with Crippen LogP contribution in [0.4, 0.5) is 0 Å². The van der Waals surface area contributed by atoms with E-state index in [0.29, 0.717) is 5.92 Å². The monoisotopic (exact) mass is 281 g/mol. The van der Waals surface area contributed by atoms with Crippen molar-refractivity contribution in [2.75, 3.05) is 7.11 Å². The van der Waals surface area contributed by atoms with Gasteiger partial charge in [-0.1, -0.05) is 43.5 Å². The van der Waals surface area contributed by atoms with Gasteiger partial charge in [-0.2, -0.15) is 0 Å². The molecule has 2 N–H and O–H groups in total. The molecule has 0 heterocycles. The second-order valence-corrected chi connectivity index (χ2v) is 6.35. The van der Waals surface area contributed by atoms with Gasteiger partial charge in [-0.3, -0.25) is 0 Å². The molecule has 106 valence electrons. The molecule has 1 aromatic rings. The number of halogens is 1.